The van der Waals surface area contributed by atoms with Crippen LogP contribution in [0, 0.1) is 5.92 Å². The summed E-state index contributed by atoms with van der Waals surface area (Å²) >= 11 is 0. The first-order chi connectivity index (χ1) is 8.16. The third-order valence-corrected chi connectivity index (χ3v) is 4.37. The summed E-state index contributed by atoms with van der Waals surface area (Å²) in [5.41, 5.74) is 5.97. The minimum Gasteiger partial charge on any atom is -0.394 e. The number of hydrogen-bond acceptors (Lipinski definition) is 3. The van der Waals surface area contributed by atoms with Gasteiger partial charge in [-0.05, 0) is 51.2 Å². The predicted molar refractivity (Wildman–Crippen MR) is 73.0 cm³/mol. The van der Waals surface area contributed by atoms with Gasteiger partial charge in [0, 0.05) is 5.54 Å². The molecular formula is C14H30N2O. The molecule has 0 radical (unpaired) electrons. The van der Waals surface area contributed by atoms with Gasteiger partial charge in [-0.25, -0.2) is 0 Å². The Balaban J connectivity index is 2.33. The summed E-state index contributed by atoms with van der Waals surface area (Å²) in [6.45, 7) is 8.09. The van der Waals surface area contributed by atoms with E-state index in [9.17, 15) is 5.11 Å². The molecule has 17 heavy (non-hydrogen) atoms. The molecule has 0 aromatic carbocycles. The van der Waals surface area contributed by atoms with Crippen LogP contribution in [0.15, 0.2) is 0 Å². The number of nitrogens with two attached hydrogens (primary N) is 1. The summed E-state index contributed by atoms with van der Waals surface area (Å²) in [5.74, 6) is 0.517. The lowest BCUT2D eigenvalue weighted by atomic mass is 9.86. The number of unbranched alkanes of at least 4 members (excludes halogenated alkanes) is 1. The molecule has 0 heterocycles. The van der Waals surface area contributed by atoms with Crippen molar-refractivity contribution < 1.29 is 5.11 Å². The summed E-state index contributed by atoms with van der Waals surface area (Å²) < 4.78 is 0. The normalized spacial score (nSPS) is 29.1. The van der Waals surface area contributed by atoms with Gasteiger partial charge >= 0.3 is 0 Å². The molecule has 1 saturated carbocycles. The third kappa shape index (κ3) is 4.23. The molecule has 1 aliphatic rings. The molecule has 2 atom stereocenters. The van der Waals surface area contributed by atoms with E-state index in [1.165, 1.54) is 32.2 Å². The molecule has 0 aliphatic heterocycles. The first-order valence-electron chi connectivity index (χ1n) is 7.28. The van der Waals surface area contributed by atoms with Crippen molar-refractivity contribution >= 4 is 0 Å². The molecule has 102 valence electrons. The zero-order chi connectivity index (χ0) is 12.7. The van der Waals surface area contributed by atoms with Crippen LogP contribution in [0.3, 0.4) is 0 Å². The zero-order valence-corrected chi connectivity index (χ0v) is 11.6. The molecule has 0 aromatic rings. The van der Waals surface area contributed by atoms with Gasteiger partial charge in [0.2, 0.25) is 0 Å². The highest BCUT2D eigenvalue weighted by atomic mass is 16.3. The topological polar surface area (TPSA) is 49.5 Å². The monoisotopic (exact) mass is 242 g/mol. The van der Waals surface area contributed by atoms with E-state index in [0.29, 0.717) is 5.92 Å². The second-order valence-corrected chi connectivity index (χ2v) is 5.56. The van der Waals surface area contributed by atoms with E-state index >= 15 is 0 Å². The summed E-state index contributed by atoms with van der Waals surface area (Å²) in [6.07, 6.45) is 7.07. The van der Waals surface area contributed by atoms with Crippen LogP contribution < -0.4 is 5.73 Å². The number of aliphatic hydroxyl groups excluding tert-OH is 1. The molecule has 3 heteroatoms. The van der Waals surface area contributed by atoms with E-state index in [0.717, 1.165) is 25.9 Å². The summed E-state index contributed by atoms with van der Waals surface area (Å²) in [5, 5.41) is 9.42. The molecule has 3 N–H and O–H groups in total. The Morgan fingerprint density at radius 3 is 2.71 bits per heavy atom. The van der Waals surface area contributed by atoms with E-state index in [-0.39, 0.29) is 12.1 Å². The molecule has 2 unspecified atom stereocenters. The largest absolute Gasteiger partial charge is 0.394 e. The lowest BCUT2D eigenvalue weighted by Crippen LogP contribution is -2.47. The maximum atomic E-state index is 9.42. The van der Waals surface area contributed by atoms with Gasteiger partial charge in [0.1, 0.15) is 0 Å². The minimum atomic E-state index is -0.288. The highest BCUT2D eigenvalue weighted by molar-refractivity contribution is 4.96. The maximum Gasteiger partial charge on any atom is 0.0613 e. The van der Waals surface area contributed by atoms with E-state index in [1.807, 2.05) is 0 Å². The highest BCUT2D eigenvalue weighted by Crippen LogP contribution is 2.35. The first-order valence-corrected chi connectivity index (χ1v) is 7.28. The van der Waals surface area contributed by atoms with Crippen LogP contribution in [0.2, 0.25) is 0 Å². The third-order valence-electron chi connectivity index (χ3n) is 4.37. The molecule has 0 aromatic heterocycles. The molecule has 1 fully saturated rings. The van der Waals surface area contributed by atoms with Crippen molar-refractivity contribution in [2.75, 3.05) is 26.2 Å². The number of aliphatic hydroxyl groups is 1. The quantitative estimate of drug-likeness (QED) is 0.684. The fourth-order valence-corrected chi connectivity index (χ4v) is 2.96. The fraction of sp³-hybridized carbons (Fsp3) is 1.00. The molecular weight excluding hydrogens is 212 g/mol. The molecule has 0 bridgehead atoms. The summed E-state index contributed by atoms with van der Waals surface area (Å²) in [6, 6.07) is 0. The zero-order valence-electron chi connectivity index (χ0n) is 11.6. The Morgan fingerprint density at radius 1 is 1.35 bits per heavy atom. The van der Waals surface area contributed by atoms with Gasteiger partial charge < -0.3 is 15.7 Å². The maximum absolute atomic E-state index is 9.42. The van der Waals surface area contributed by atoms with Crippen LogP contribution in [0.4, 0.5) is 0 Å². The molecule has 1 aliphatic carbocycles. The van der Waals surface area contributed by atoms with Gasteiger partial charge in [0.05, 0.1) is 6.61 Å². The standard InChI is InChI=1S/C14H30N2O/c1-3-5-10-16(4-2)11-8-13-7-6-9-14(13,15)12-17/h13,17H,3-12,15H2,1-2H3. The van der Waals surface area contributed by atoms with Crippen LogP contribution in [0.25, 0.3) is 0 Å². The van der Waals surface area contributed by atoms with E-state index < -0.39 is 0 Å². The Bertz CT molecular complexity index is 210. The van der Waals surface area contributed by atoms with Crippen LogP contribution in [-0.2, 0) is 0 Å². The first kappa shape index (κ1) is 14.9. The number of hydrogen-bond donors (Lipinski definition) is 2. The van der Waals surface area contributed by atoms with Crippen molar-refractivity contribution in [3.63, 3.8) is 0 Å². The highest BCUT2D eigenvalue weighted by Gasteiger charge is 2.38. The Kier molecular flexibility index (Phi) is 6.45. The van der Waals surface area contributed by atoms with Crippen LogP contribution in [0.1, 0.15) is 52.4 Å². The van der Waals surface area contributed by atoms with Crippen molar-refractivity contribution in [1.29, 1.82) is 0 Å². The van der Waals surface area contributed by atoms with Gasteiger partial charge in [0.15, 0.2) is 0 Å². The molecule has 3 nitrogen and oxygen atoms in total. The summed E-state index contributed by atoms with van der Waals surface area (Å²) in [7, 11) is 0. The van der Waals surface area contributed by atoms with Gasteiger partial charge in [-0.3, -0.25) is 0 Å². The van der Waals surface area contributed by atoms with E-state index in [4.69, 9.17) is 5.73 Å². The van der Waals surface area contributed by atoms with E-state index in [2.05, 4.69) is 18.7 Å². The molecule has 1 rings (SSSR count). The van der Waals surface area contributed by atoms with Crippen LogP contribution in [0.5, 0.6) is 0 Å². The minimum absolute atomic E-state index is 0.152. The van der Waals surface area contributed by atoms with Crippen molar-refractivity contribution in [3.8, 4) is 0 Å². The Hall–Kier alpha value is -0.120. The fourth-order valence-electron chi connectivity index (χ4n) is 2.96. The average molecular weight is 242 g/mol. The SMILES string of the molecule is CCCCN(CC)CCC1CCCC1(N)CO. The molecule has 0 saturated heterocycles. The van der Waals surface area contributed by atoms with Crippen LogP contribution >= 0.6 is 0 Å². The van der Waals surface area contributed by atoms with Gasteiger partial charge in [-0.1, -0.05) is 26.7 Å². The lowest BCUT2D eigenvalue weighted by Gasteiger charge is -2.31. The second-order valence-electron chi connectivity index (χ2n) is 5.56. The van der Waals surface area contributed by atoms with E-state index in [1.54, 1.807) is 0 Å². The number of rotatable bonds is 8. The van der Waals surface area contributed by atoms with Crippen molar-refractivity contribution in [3.05, 3.63) is 0 Å². The number of nitrogens with zero attached hydrogens (tertiary/aromatic N) is 1. The second kappa shape index (κ2) is 7.34. The van der Waals surface area contributed by atoms with Crippen molar-refractivity contribution in [2.24, 2.45) is 11.7 Å². The van der Waals surface area contributed by atoms with Crippen molar-refractivity contribution in [1.82, 2.24) is 4.90 Å². The Labute approximate surface area is 106 Å². The van der Waals surface area contributed by atoms with Crippen molar-refractivity contribution in [2.45, 2.75) is 57.9 Å². The van der Waals surface area contributed by atoms with Gasteiger partial charge in [-0.15, -0.1) is 0 Å². The van der Waals surface area contributed by atoms with Gasteiger partial charge in [-0.2, -0.15) is 0 Å². The average Bonchev–Trinajstić information content (AvgIpc) is 2.72. The van der Waals surface area contributed by atoms with Crippen LogP contribution in [-0.4, -0.2) is 41.8 Å². The molecule has 0 spiro atoms. The van der Waals surface area contributed by atoms with Gasteiger partial charge in [0.25, 0.3) is 0 Å². The summed E-state index contributed by atoms with van der Waals surface area (Å²) in [4.78, 5) is 2.51. The predicted octanol–water partition coefficient (Wildman–Crippen LogP) is 1.99. The molecule has 0 amide bonds. The smallest absolute Gasteiger partial charge is 0.0613 e. The Morgan fingerprint density at radius 2 is 2.12 bits per heavy atom. The lowest BCUT2D eigenvalue weighted by molar-refractivity contribution is 0.144.